The Bertz CT molecular complexity index is 552. The van der Waals surface area contributed by atoms with E-state index in [1.165, 1.54) is 43.6 Å². The maximum Gasteiger partial charge on any atom is 0.0729 e. The maximum atomic E-state index is 4.27. The Kier molecular flexibility index (Phi) is 4.43. The lowest BCUT2D eigenvalue weighted by Gasteiger charge is -2.28. The van der Waals surface area contributed by atoms with Gasteiger partial charge in [-0.25, -0.2) is 0 Å². The fraction of sp³-hybridized carbons (Fsp3) is 0.471. The second kappa shape index (κ2) is 6.66. The predicted octanol–water partition coefficient (Wildman–Crippen LogP) is 3.51. The summed E-state index contributed by atoms with van der Waals surface area (Å²) in [6, 6.07) is 8.94. The highest BCUT2D eigenvalue weighted by molar-refractivity contribution is 5.48. The highest BCUT2D eigenvalue weighted by Gasteiger charge is 2.10. The summed E-state index contributed by atoms with van der Waals surface area (Å²) >= 11 is 0. The number of anilines is 2. The van der Waals surface area contributed by atoms with Gasteiger partial charge in [0.2, 0.25) is 0 Å². The van der Waals surface area contributed by atoms with Gasteiger partial charge in [-0.05, 0) is 43.9 Å². The van der Waals surface area contributed by atoms with Crippen LogP contribution in [0.1, 0.15) is 31.7 Å². The normalized spacial score (nSPS) is 15.2. The molecule has 21 heavy (non-hydrogen) atoms. The molecule has 2 aromatic rings. The zero-order valence-corrected chi connectivity index (χ0v) is 12.8. The van der Waals surface area contributed by atoms with E-state index in [0.29, 0.717) is 0 Å². The first-order valence-corrected chi connectivity index (χ1v) is 7.95. The van der Waals surface area contributed by atoms with Gasteiger partial charge in [0.25, 0.3) is 0 Å². The molecule has 4 heteroatoms. The molecule has 1 aromatic carbocycles. The average molecular weight is 284 g/mol. The third-order valence-corrected chi connectivity index (χ3v) is 4.11. The Morgan fingerprint density at radius 1 is 1.10 bits per heavy atom. The molecule has 0 saturated carbocycles. The first-order valence-electron chi connectivity index (χ1n) is 7.95. The largest absolute Gasteiger partial charge is 0.378 e. The fourth-order valence-electron chi connectivity index (χ4n) is 2.81. The summed E-state index contributed by atoms with van der Waals surface area (Å²) in [5.41, 5.74) is 3.74. The molecule has 1 fully saturated rings. The van der Waals surface area contributed by atoms with Gasteiger partial charge in [0.15, 0.2) is 0 Å². The van der Waals surface area contributed by atoms with Gasteiger partial charge in [-0.1, -0.05) is 12.1 Å². The number of benzene rings is 1. The van der Waals surface area contributed by atoms with Crippen LogP contribution in [0.3, 0.4) is 0 Å². The number of rotatable bonds is 5. The van der Waals surface area contributed by atoms with Crippen molar-refractivity contribution >= 4 is 11.4 Å². The first kappa shape index (κ1) is 14.0. The van der Waals surface area contributed by atoms with Gasteiger partial charge in [-0.3, -0.25) is 4.68 Å². The minimum Gasteiger partial charge on any atom is -0.378 e. The van der Waals surface area contributed by atoms with Crippen LogP contribution in [0.15, 0.2) is 36.7 Å². The van der Waals surface area contributed by atoms with Gasteiger partial charge in [0, 0.05) is 38.1 Å². The van der Waals surface area contributed by atoms with E-state index in [9.17, 15) is 0 Å². The highest BCUT2D eigenvalue weighted by atomic mass is 15.3. The lowest BCUT2D eigenvalue weighted by Crippen LogP contribution is -2.29. The number of aromatic nitrogens is 2. The number of nitrogens with one attached hydrogen (secondary N) is 1. The molecule has 0 radical (unpaired) electrons. The number of piperidine rings is 1. The zero-order chi connectivity index (χ0) is 14.5. The number of hydrogen-bond donors (Lipinski definition) is 1. The Balaban J connectivity index is 1.56. The summed E-state index contributed by atoms with van der Waals surface area (Å²) in [6.07, 6.45) is 7.95. The molecule has 4 nitrogen and oxygen atoms in total. The Hall–Kier alpha value is -1.97. The van der Waals surface area contributed by atoms with Crippen LogP contribution in [-0.2, 0) is 13.1 Å². The van der Waals surface area contributed by atoms with Crippen LogP contribution < -0.4 is 10.2 Å². The summed E-state index contributed by atoms with van der Waals surface area (Å²) in [4.78, 5) is 2.49. The highest BCUT2D eigenvalue weighted by Crippen LogP contribution is 2.20. The van der Waals surface area contributed by atoms with Crippen LogP contribution in [0, 0.1) is 0 Å². The molecule has 1 aromatic heterocycles. The SMILES string of the molecule is CCn1cc(NCc2ccc(N3CCCCC3)cc2)cn1. The van der Waals surface area contributed by atoms with Gasteiger partial charge < -0.3 is 10.2 Å². The van der Waals surface area contributed by atoms with Gasteiger partial charge in [-0.2, -0.15) is 5.10 Å². The second-order valence-electron chi connectivity index (χ2n) is 5.65. The molecule has 3 rings (SSSR count). The first-order chi connectivity index (χ1) is 10.3. The Morgan fingerprint density at radius 3 is 2.52 bits per heavy atom. The van der Waals surface area contributed by atoms with Crippen molar-refractivity contribution in [1.29, 1.82) is 0 Å². The van der Waals surface area contributed by atoms with E-state index in [2.05, 4.69) is 46.5 Å². The van der Waals surface area contributed by atoms with Crippen molar-refractivity contribution < 1.29 is 0 Å². The minimum atomic E-state index is 0.843. The van der Waals surface area contributed by atoms with Gasteiger partial charge in [0.1, 0.15) is 0 Å². The van der Waals surface area contributed by atoms with Gasteiger partial charge in [0.05, 0.1) is 11.9 Å². The smallest absolute Gasteiger partial charge is 0.0729 e. The van der Waals surface area contributed by atoms with Crippen LogP contribution in [0.4, 0.5) is 11.4 Å². The molecule has 1 saturated heterocycles. The van der Waals surface area contributed by atoms with Crippen molar-refractivity contribution in [3.05, 3.63) is 42.2 Å². The number of aryl methyl sites for hydroxylation is 1. The van der Waals surface area contributed by atoms with E-state index >= 15 is 0 Å². The standard InChI is InChI=1S/C17H24N4/c1-2-21-14-16(13-19-21)18-12-15-6-8-17(9-7-15)20-10-4-3-5-11-20/h6-9,13-14,18H,2-5,10-12H2,1H3. The maximum absolute atomic E-state index is 4.27. The van der Waals surface area contributed by atoms with E-state index in [1.54, 1.807) is 0 Å². The van der Waals surface area contributed by atoms with Crippen molar-refractivity contribution in [3.63, 3.8) is 0 Å². The van der Waals surface area contributed by atoms with Crippen LogP contribution in [0.5, 0.6) is 0 Å². The van der Waals surface area contributed by atoms with Crippen LogP contribution in [0.25, 0.3) is 0 Å². The van der Waals surface area contributed by atoms with Crippen molar-refractivity contribution in [1.82, 2.24) is 9.78 Å². The van der Waals surface area contributed by atoms with Crippen molar-refractivity contribution in [3.8, 4) is 0 Å². The third-order valence-electron chi connectivity index (χ3n) is 4.11. The lowest BCUT2D eigenvalue weighted by molar-refractivity contribution is 0.578. The Morgan fingerprint density at radius 2 is 1.86 bits per heavy atom. The zero-order valence-electron chi connectivity index (χ0n) is 12.8. The predicted molar refractivity (Wildman–Crippen MR) is 87.7 cm³/mol. The molecule has 1 N–H and O–H groups in total. The molecule has 0 bridgehead atoms. The van der Waals surface area contributed by atoms with Gasteiger partial charge >= 0.3 is 0 Å². The molecule has 0 unspecified atom stereocenters. The summed E-state index contributed by atoms with van der Waals surface area (Å²) in [5, 5.41) is 7.69. The fourth-order valence-corrected chi connectivity index (χ4v) is 2.81. The molecule has 0 atom stereocenters. The van der Waals surface area contributed by atoms with Gasteiger partial charge in [-0.15, -0.1) is 0 Å². The third kappa shape index (κ3) is 3.57. The molecule has 2 heterocycles. The molecular weight excluding hydrogens is 260 g/mol. The summed E-state index contributed by atoms with van der Waals surface area (Å²) in [6.45, 7) is 6.25. The number of nitrogens with zero attached hydrogens (tertiary/aromatic N) is 3. The van der Waals surface area contributed by atoms with Crippen LogP contribution >= 0.6 is 0 Å². The van der Waals surface area contributed by atoms with E-state index in [4.69, 9.17) is 0 Å². The average Bonchev–Trinajstić information content (AvgIpc) is 3.02. The van der Waals surface area contributed by atoms with Crippen molar-refractivity contribution in [2.45, 2.75) is 39.3 Å². The molecule has 0 spiro atoms. The van der Waals surface area contributed by atoms with E-state index in [0.717, 1.165) is 18.8 Å². The van der Waals surface area contributed by atoms with Crippen molar-refractivity contribution in [2.24, 2.45) is 0 Å². The van der Waals surface area contributed by atoms with Crippen LogP contribution in [0.2, 0.25) is 0 Å². The molecule has 112 valence electrons. The van der Waals surface area contributed by atoms with E-state index < -0.39 is 0 Å². The van der Waals surface area contributed by atoms with E-state index in [-0.39, 0.29) is 0 Å². The number of hydrogen-bond acceptors (Lipinski definition) is 3. The quantitative estimate of drug-likeness (QED) is 0.912. The molecule has 0 aliphatic carbocycles. The Labute approximate surface area is 126 Å². The molecular formula is C17H24N4. The lowest BCUT2D eigenvalue weighted by atomic mass is 10.1. The summed E-state index contributed by atoms with van der Waals surface area (Å²) < 4.78 is 1.93. The molecule has 1 aliphatic rings. The molecule has 1 aliphatic heterocycles. The van der Waals surface area contributed by atoms with E-state index in [1.807, 2.05) is 17.1 Å². The van der Waals surface area contributed by atoms with Crippen molar-refractivity contribution in [2.75, 3.05) is 23.3 Å². The van der Waals surface area contributed by atoms with Crippen LogP contribution in [-0.4, -0.2) is 22.9 Å². The second-order valence-corrected chi connectivity index (χ2v) is 5.65. The topological polar surface area (TPSA) is 33.1 Å². The monoisotopic (exact) mass is 284 g/mol. The summed E-state index contributed by atoms with van der Waals surface area (Å²) in [7, 11) is 0. The summed E-state index contributed by atoms with van der Waals surface area (Å²) in [5.74, 6) is 0. The minimum absolute atomic E-state index is 0.843. The molecule has 0 amide bonds.